The maximum absolute atomic E-state index is 12.3. The van der Waals surface area contributed by atoms with E-state index in [1.54, 1.807) is 12.1 Å². The van der Waals surface area contributed by atoms with E-state index in [1.165, 1.54) is 38.9 Å². The third kappa shape index (κ3) is 4.15. The lowest BCUT2D eigenvalue weighted by molar-refractivity contribution is 0.412. The zero-order chi connectivity index (χ0) is 16.0. The topological polar surface area (TPSA) is 79.2 Å². The van der Waals surface area contributed by atoms with Gasteiger partial charge in [0.15, 0.2) is 0 Å². The zero-order valence-electron chi connectivity index (χ0n) is 12.5. The van der Waals surface area contributed by atoms with Gasteiger partial charge in [-0.05, 0) is 25.0 Å². The Morgan fingerprint density at radius 1 is 1.41 bits per heavy atom. The second-order valence-electron chi connectivity index (χ2n) is 5.12. The van der Waals surface area contributed by atoms with Crippen LogP contribution in [-0.2, 0) is 10.0 Å². The van der Waals surface area contributed by atoms with Gasteiger partial charge in [0.25, 0.3) is 0 Å². The van der Waals surface area contributed by atoms with Crippen LogP contribution in [0.2, 0.25) is 0 Å². The van der Waals surface area contributed by atoms with Crippen LogP contribution in [0.4, 0.5) is 0 Å². The van der Waals surface area contributed by atoms with Gasteiger partial charge in [-0.25, -0.2) is 13.1 Å². The Balaban J connectivity index is 1.99. The third-order valence-corrected chi connectivity index (χ3v) is 6.55. The summed E-state index contributed by atoms with van der Waals surface area (Å²) in [6, 6.07) is 6.48. The Kier molecular flexibility index (Phi) is 6.12. The Hall–Kier alpha value is -1.23. The summed E-state index contributed by atoms with van der Waals surface area (Å²) in [5, 5.41) is 9.85. The van der Waals surface area contributed by atoms with Gasteiger partial charge in [0.05, 0.1) is 7.11 Å². The van der Waals surface area contributed by atoms with Gasteiger partial charge in [-0.1, -0.05) is 18.9 Å². The number of rotatable bonds is 7. The van der Waals surface area contributed by atoms with E-state index in [4.69, 9.17) is 4.74 Å². The first-order chi connectivity index (χ1) is 10.6. The maximum atomic E-state index is 12.3. The van der Waals surface area contributed by atoms with Crippen molar-refractivity contribution in [2.75, 3.05) is 19.4 Å². The van der Waals surface area contributed by atoms with Crippen LogP contribution < -0.4 is 9.46 Å². The van der Waals surface area contributed by atoms with Crippen molar-refractivity contribution in [3.63, 3.8) is 0 Å². The minimum atomic E-state index is -3.70. The lowest BCUT2D eigenvalue weighted by atomic mass is 10.2. The van der Waals surface area contributed by atoms with Crippen molar-refractivity contribution < 1.29 is 13.2 Å². The molecule has 1 N–H and O–H groups in total. The van der Waals surface area contributed by atoms with Crippen LogP contribution in [0.1, 0.15) is 31.2 Å². The molecule has 0 amide bonds. The molecule has 0 radical (unpaired) electrons. The van der Waals surface area contributed by atoms with Crippen molar-refractivity contribution in [1.82, 2.24) is 4.72 Å². The van der Waals surface area contributed by atoms with E-state index < -0.39 is 10.0 Å². The highest BCUT2D eigenvalue weighted by molar-refractivity contribution is 8.00. The van der Waals surface area contributed by atoms with E-state index in [9.17, 15) is 13.7 Å². The minimum absolute atomic E-state index is 0.0276. The highest BCUT2D eigenvalue weighted by Gasteiger charge is 2.21. The van der Waals surface area contributed by atoms with Gasteiger partial charge >= 0.3 is 0 Å². The molecule has 7 heteroatoms. The number of hydrogen-bond donors (Lipinski definition) is 1. The van der Waals surface area contributed by atoms with E-state index in [0.717, 1.165) is 5.75 Å². The first-order valence-corrected chi connectivity index (χ1v) is 9.80. The van der Waals surface area contributed by atoms with Crippen molar-refractivity contribution in [3.8, 4) is 11.8 Å². The quantitative estimate of drug-likeness (QED) is 0.772. The van der Waals surface area contributed by atoms with Gasteiger partial charge in [0, 0.05) is 17.5 Å². The molecular formula is C15H20N2O3S2. The number of nitrogens with zero attached hydrogens (tertiary/aromatic N) is 1. The SMILES string of the molecule is COc1cccc(S(=O)(=O)NCCSC2CCCC2)c1C#N. The first kappa shape index (κ1) is 17.1. The van der Waals surface area contributed by atoms with E-state index in [1.807, 2.05) is 17.8 Å². The molecule has 0 unspecified atom stereocenters. The van der Waals surface area contributed by atoms with Gasteiger partial charge in [-0.3, -0.25) is 0 Å². The number of ether oxygens (including phenoxy) is 1. The largest absolute Gasteiger partial charge is 0.495 e. The molecule has 0 spiro atoms. The fourth-order valence-electron chi connectivity index (χ4n) is 2.55. The fourth-order valence-corrected chi connectivity index (χ4v) is 5.10. The average Bonchev–Trinajstić information content (AvgIpc) is 3.04. The summed E-state index contributed by atoms with van der Waals surface area (Å²) in [6.45, 7) is 0.367. The lowest BCUT2D eigenvalue weighted by Crippen LogP contribution is -2.27. The molecule has 0 atom stereocenters. The molecule has 0 aromatic heterocycles. The van der Waals surface area contributed by atoms with Gasteiger partial charge in [-0.15, -0.1) is 0 Å². The van der Waals surface area contributed by atoms with Crippen LogP contribution in [0.3, 0.4) is 0 Å². The van der Waals surface area contributed by atoms with Crippen molar-refractivity contribution in [2.45, 2.75) is 35.8 Å². The predicted octanol–water partition coefficient (Wildman–Crippen LogP) is 2.52. The van der Waals surface area contributed by atoms with Crippen LogP contribution in [0.5, 0.6) is 5.75 Å². The molecule has 1 aliphatic carbocycles. The van der Waals surface area contributed by atoms with E-state index in [-0.39, 0.29) is 16.2 Å². The molecule has 1 fully saturated rings. The van der Waals surface area contributed by atoms with Crippen LogP contribution >= 0.6 is 11.8 Å². The molecule has 0 bridgehead atoms. The molecule has 120 valence electrons. The molecule has 2 rings (SSSR count). The summed E-state index contributed by atoms with van der Waals surface area (Å²) in [7, 11) is -2.28. The first-order valence-electron chi connectivity index (χ1n) is 7.27. The monoisotopic (exact) mass is 340 g/mol. The molecule has 1 aliphatic rings. The molecule has 22 heavy (non-hydrogen) atoms. The summed E-state index contributed by atoms with van der Waals surface area (Å²) in [5.41, 5.74) is 0.0425. The summed E-state index contributed by atoms with van der Waals surface area (Å²) < 4.78 is 32.3. The second kappa shape index (κ2) is 7.86. The molecule has 0 saturated heterocycles. The van der Waals surface area contributed by atoms with Gasteiger partial charge in [0.2, 0.25) is 10.0 Å². The standard InChI is InChI=1S/C15H20N2O3S2/c1-20-14-7-4-8-15(13(14)11-16)22(18,19)17-9-10-21-12-5-2-3-6-12/h4,7-8,12,17H,2-3,5-6,9-10H2,1H3. The van der Waals surface area contributed by atoms with Crippen LogP contribution in [0.25, 0.3) is 0 Å². The third-order valence-electron chi connectivity index (χ3n) is 3.66. The average molecular weight is 340 g/mol. The molecule has 0 aliphatic heterocycles. The molecular weight excluding hydrogens is 320 g/mol. The number of methoxy groups -OCH3 is 1. The number of nitriles is 1. The Bertz CT molecular complexity index is 647. The number of thioether (sulfide) groups is 1. The number of nitrogens with one attached hydrogen (secondary N) is 1. The fraction of sp³-hybridized carbons (Fsp3) is 0.533. The van der Waals surface area contributed by atoms with Gasteiger partial charge in [-0.2, -0.15) is 17.0 Å². The van der Waals surface area contributed by atoms with E-state index in [2.05, 4.69) is 4.72 Å². The van der Waals surface area contributed by atoms with E-state index in [0.29, 0.717) is 11.8 Å². The highest BCUT2D eigenvalue weighted by atomic mass is 32.2. The molecule has 1 aromatic rings. The summed E-state index contributed by atoms with van der Waals surface area (Å²) in [4.78, 5) is -0.0276. The Labute approximate surface area is 136 Å². The van der Waals surface area contributed by atoms with Crippen LogP contribution in [0, 0.1) is 11.3 Å². The summed E-state index contributed by atoms with van der Waals surface area (Å²) >= 11 is 1.82. The van der Waals surface area contributed by atoms with E-state index >= 15 is 0 Å². The smallest absolute Gasteiger partial charge is 0.242 e. The van der Waals surface area contributed by atoms with Crippen molar-refractivity contribution in [1.29, 1.82) is 5.26 Å². The minimum Gasteiger partial charge on any atom is -0.495 e. The molecule has 0 heterocycles. The number of sulfonamides is 1. The maximum Gasteiger partial charge on any atom is 0.242 e. The van der Waals surface area contributed by atoms with Crippen molar-refractivity contribution in [3.05, 3.63) is 23.8 Å². The van der Waals surface area contributed by atoms with Crippen LogP contribution in [-0.4, -0.2) is 33.1 Å². The Morgan fingerprint density at radius 3 is 2.77 bits per heavy atom. The number of benzene rings is 1. The van der Waals surface area contributed by atoms with Crippen molar-refractivity contribution >= 4 is 21.8 Å². The molecule has 1 saturated carbocycles. The van der Waals surface area contributed by atoms with Gasteiger partial charge < -0.3 is 4.74 Å². The highest BCUT2D eigenvalue weighted by Crippen LogP contribution is 2.29. The van der Waals surface area contributed by atoms with Crippen molar-refractivity contribution in [2.24, 2.45) is 0 Å². The normalized spacial score (nSPS) is 15.6. The molecule has 5 nitrogen and oxygen atoms in total. The lowest BCUT2D eigenvalue weighted by Gasteiger charge is -2.12. The summed E-state index contributed by atoms with van der Waals surface area (Å²) in [6.07, 6.45) is 5.01. The van der Waals surface area contributed by atoms with Crippen LogP contribution in [0.15, 0.2) is 23.1 Å². The summed E-state index contributed by atoms with van der Waals surface area (Å²) in [5.74, 6) is 1.01. The zero-order valence-corrected chi connectivity index (χ0v) is 14.2. The molecule has 1 aromatic carbocycles. The predicted molar refractivity (Wildman–Crippen MR) is 87.6 cm³/mol. The van der Waals surface area contributed by atoms with Gasteiger partial charge in [0.1, 0.15) is 22.3 Å². The second-order valence-corrected chi connectivity index (χ2v) is 8.26. The Morgan fingerprint density at radius 2 is 2.14 bits per heavy atom. The number of hydrogen-bond acceptors (Lipinski definition) is 5.